The predicted molar refractivity (Wildman–Crippen MR) is 189 cm³/mol. The highest BCUT2D eigenvalue weighted by molar-refractivity contribution is 5.67. The van der Waals surface area contributed by atoms with Gasteiger partial charge in [0.1, 0.15) is 6.10 Å². The van der Waals surface area contributed by atoms with Crippen LogP contribution < -0.4 is 16.8 Å². The quantitative estimate of drug-likeness (QED) is 0.111. The molecule has 4 rings (SSSR count). The summed E-state index contributed by atoms with van der Waals surface area (Å²) in [4.78, 5) is 15.4. The molecule has 9 unspecified atom stereocenters. The maximum Gasteiger partial charge on any atom is 0.410 e. The summed E-state index contributed by atoms with van der Waals surface area (Å²) < 4.78 is 6.27. The molecule has 0 bridgehead atoms. The monoisotopic (exact) mass is 629 g/mol. The van der Waals surface area contributed by atoms with Gasteiger partial charge < -0.3 is 26.4 Å². The van der Waals surface area contributed by atoms with Gasteiger partial charge in [0.05, 0.1) is 0 Å². The Bertz CT molecular complexity index is 949. The highest BCUT2D eigenvalue weighted by Crippen LogP contribution is 2.66. The molecule has 0 aromatic rings. The zero-order valence-corrected chi connectivity index (χ0v) is 30.3. The second-order valence-corrected chi connectivity index (χ2v) is 17.0. The van der Waals surface area contributed by atoms with Gasteiger partial charge in [-0.2, -0.15) is 0 Å². The number of rotatable bonds is 17. The molecule has 5 N–H and O–H groups in total. The zero-order valence-electron chi connectivity index (χ0n) is 30.3. The van der Waals surface area contributed by atoms with Crippen LogP contribution in [0.4, 0.5) is 4.79 Å². The van der Waals surface area contributed by atoms with Crippen LogP contribution in [0.3, 0.4) is 0 Å². The Morgan fingerprint density at radius 1 is 0.911 bits per heavy atom. The van der Waals surface area contributed by atoms with Crippen molar-refractivity contribution in [1.82, 2.24) is 10.2 Å². The van der Waals surface area contributed by atoms with Gasteiger partial charge in [-0.05, 0) is 144 Å². The summed E-state index contributed by atoms with van der Waals surface area (Å²) >= 11 is 0. The maximum atomic E-state index is 13.5. The number of nitrogens with one attached hydrogen (secondary N) is 1. The van der Waals surface area contributed by atoms with Crippen LogP contribution in [0.5, 0.6) is 0 Å². The van der Waals surface area contributed by atoms with E-state index in [1.54, 1.807) is 5.57 Å². The molecule has 0 aliphatic heterocycles. The van der Waals surface area contributed by atoms with E-state index in [-0.39, 0.29) is 29.7 Å². The molecule has 3 fully saturated rings. The normalized spacial score (nSPS) is 34.0. The van der Waals surface area contributed by atoms with Crippen molar-refractivity contribution in [2.45, 2.75) is 162 Å². The smallest absolute Gasteiger partial charge is 0.410 e. The molecule has 9 atom stereocenters. The molecule has 260 valence electrons. The molecule has 4 aliphatic rings. The van der Waals surface area contributed by atoms with Gasteiger partial charge in [0.15, 0.2) is 0 Å². The summed E-state index contributed by atoms with van der Waals surface area (Å²) in [5.74, 6) is 4.32. The fourth-order valence-corrected chi connectivity index (χ4v) is 10.1. The molecule has 4 aliphatic carbocycles. The average molecular weight is 629 g/mol. The molecular weight excluding hydrogens is 556 g/mol. The third-order valence-corrected chi connectivity index (χ3v) is 13.0. The first-order valence-corrected chi connectivity index (χ1v) is 19.3. The van der Waals surface area contributed by atoms with Gasteiger partial charge >= 0.3 is 6.09 Å². The number of carbonyl (C=O) groups is 1. The minimum Gasteiger partial charge on any atom is -0.446 e. The molecule has 0 heterocycles. The Hall–Kier alpha value is -1.11. The highest BCUT2D eigenvalue weighted by atomic mass is 16.6. The molecule has 0 aromatic heterocycles. The van der Waals surface area contributed by atoms with E-state index in [2.05, 4.69) is 39.1 Å². The van der Waals surface area contributed by atoms with Crippen LogP contribution in [0.15, 0.2) is 11.6 Å². The lowest BCUT2D eigenvalue weighted by Gasteiger charge is -2.58. The van der Waals surface area contributed by atoms with Crippen molar-refractivity contribution in [1.29, 1.82) is 0 Å². The third-order valence-electron chi connectivity index (χ3n) is 13.0. The number of hydrogen-bond donors (Lipinski definition) is 3. The topological polar surface area (TPSA) is 93.6 Å². The van der Waals surface area contributed by atoms with E-state index in [4.69, 9.17) is 16.2 Å². The standard InChI is InChI=1S/C39H72N4O2/c1-28(2)11-7-8-12-31-14-16-35-34-15-13-32-27-33(17-21-39(32,6)36(34)18-22-38(31,35)5)45-37(44)43(26-20-30(4)41)25-10-9-23-42-24-19-29(3)40/h13,28-31,33-36,42H,7-12,14-27,40-41H2,1-6H3. The van der Waals surface area contributed by atoms with Crippen molar-refractivity contribution < 1.29 is 9.53 Å². The van der Waals surface area contributed by atoms with Crippen LogP contribution in [-0.4, -0.2) is 55.4 Å². The van der Waals surface area contributed by atoms with E-state index in [1.807, 2.05) is 18.7 Å². The summed E-state index contributed by atoms with van der Waals surface area (Å²) in [6, 6.07) is 0.311. The largest absolute Gasteiger partial charge is 0.446 e. The van der Waals surface area contributed by atoms with E-state index < -0.39 is 0 Å². The van der Waals surface area contributed by atoms with Crippen molar-refractivity contribution in [3.05, 3.63) is 11.6 Å². The van der Waals surface area contributed by atoms with Crippen molar-refractivity contribution in [3.8, 4) is 0 Å². The van der Waals surface area contributed by atoms with Gasteiger partial charge in [-0.1, -0.05) is 58.6 Å². The minimum atomic E-state index is -0.137. The number of hydrogen-bond acceptors (Lipinski definition) is 5. The average Bonchev–Trinajstić information content (AvgIpc) is 3.32. The molecule has 0 aromatic carbocycles. The van der Waals surface area contributed by atoms with E-state index in [1.165, 1.54) is 57.8 Å². The van der Waals surface area contributed by atoms with Gasteiger partial charge in [0, 0.05) is 31.6 Å². The summed E-state index contributed by atoms with van der Waals surface area (Å²) in [6.07, 6.45) is 22.0. The van der Waals surface area contributed by atoms with E-state index >= 15 is 0 Å². The maximum absolute atomic E-state index is 13.5. The van der Waals surface area contributed by atoms with Gasteiger partial charge in [0.25, 0.3) is 0 Å². The summed E-state index contributed by atoms with van der Waals surface area (Å²) in [5.41, 5.74) is 14.4. The number of nitrogens with two attached hydrogens (primary N) is 2. The van der Waals surface area contributed by atoms with Crippen LogP contribution in [-0.2, 0) is 4.74 Å². The second-order valence-electron chi connectivity index (χ2n) is 17.0. The summed E-state index contributed by atoms with van der Waals surface area (Å²) in [6.45, 7) is 17.4. The van der Waals surface area contributed by atoms with Crippen LogP contribution in [0, 0.1) is 40.4 Å². The van der Waals surface area contributed by atoms with Crippen LogP contribution in [0.2, 0.25) is 0 Å². The Kier molecular flexibility index (Phi) is 13.7. The number of unbranched alkanes of at least 4 members (excludes halogenated alkanes) is 2. The Balaban J connectivity index is 1.30. The van der Waals surface area contributed by atoms with Gasteiger partial charge in [-0.25, -0.2) is 4.79 Å². The van der Waals surface area contributed by atoms with E-state index in [0.29, 0.717) is 12.0 Å². The number of amides is 1. The van der Waals surface area contributed by atoms with Crippen molar-refractivity contribution in [3.63, 3.8) is 0 Å². The summed E-state index contributed by atoms with van der Waals surface area (Å²) in [5, 5.41) is 3.47. The first kappa shape index (κ1) is 36.7. The minimum absolute atomic E-state index is 0.00153. The first-order chi connectivity index (χ1) is 21.4. The van der Waals surface area contributed by atoms with Crippen molar-refractivity contribution in [2.24, 2.45) is 51.9 Å². The fourth-order valence-electron chi connectivity index (χ4n) is 10.1. The van der Waals surface area contributed by atoms with Gasteiger partial charge in [0.2, 0.25) is 0 Å². The fraction of sp³-hybridized carbons (Fsp3) is 0.923. The highest BCUT2D eigenvalue weighted by Gasteiger charge is 2.58. The third kappa shape index (κ3) is 9.50. The van der Waals surface area contributed by atoms with Gasteiger partial charge in [-0.3, -0.25) is 0 Å². The SMILES string of the molecule is CC(C)CCCCC1CCC2C3CC=C4CC(OC(=O)N(CCCCNCCC(C)N)CCC(C)N)CCC4(C)C3CCC12C. The number of fused-ring (bicyclic) bond motifs is 5. The molecule has 6 nitrogen and oxygen atoms in total. The van der Waals surface area contributed by atoms with Crippen LogP contribution in [0.1, 0.15) is 144 Å². The Morgan fingerprint density at radius 2 is 1.69 bits per heavy atom. The number of allylic oxidation sites excluding steroid dienone is 1. The molecule has 45 heavy (non-hydrogen) atoms. The van der Waals surface area contributed by atoms with Crippen molar-refractivity contribution in [2.75, 3.05) is 26.2 Å². The zero-order chi connectivity index (χ0) is 32.6. The molecule has 6 heteroatoms. The second kappa shape index (κ2) is 16.8. The Labute approximate surface area is 277 Å². The predicted octanol–water partition coefficient (Wildman–Crippen LogP) is 8.43. The molecule has 3 saturated carbocycles. The number of nitrogens with zero attached hydrogens (tertiary/aromatic N) is 1. The molecule has 1 amide bonds. The van der Waals surface area contributed by atoms with Crippen molar-refractivity contribution >= 4 is 6.09 Å². The van der Waals surface area contributed by atoms with Gasteiger partial charge in [-0.15, -0.1) is 0 Å². The molecular formula is C39H72N4O2. The molecule has 0 radical (unpaired) electrons. The number of ether oxygens (including phenoxy) is 1. The number of carbonyl (C=O) groups excluding carboxylic acids is 1. The summed E-state index contributed by atoms with van der Waals surface area (Å²) in [7, 11) is 0. The molecule has 0 saturated heterocycles. The lowest BCUT2D eigenvalue weighted by atomic mass is 9.47. The lowest BCUT2D eigenvalue weighted by Crippen LogP contribution is -2.50. The van der Waals surface area contributed by atoms with Crippen LogP contribution >= 0.6 is 0 Å². The first-order valence-electron chi connectivity index (χ1n) is 19.3. The Morgan fingerprint density at radius 3 is 2.42 bits per heavy atom. The molecule has 0 spiro atoms. The van der Waals surface area contributed by atoms with E-state index in [0.717, 1.165) is 94.2 Å². The lowest BCUT2D eigenvalue weighted by molar-refractivity contribution is -0.0534. The van der Waals surface area contributed by atoms with Crippen LogP contribution in [0.25, 0.3) is 0 Å². The van der Waals surface area contributed by atoms with E-state index in [9.17, 15) is 4.79 Å².